The third kappa shape index (κ3) is 5.79. The number of nitrogens with zero attached hydrogens (tertiary/aromatic N) is 3. The first-order valence-electron chi connectivity index (χ1n) is 9.99. The maximum absolute atomic E-state index is 12.6. The molecule has 1 aromatic heterocycles. The average Bonchev–Trinajstić information content (AvgIpc) is 3.22. The molecule has 0 spiro atoms. The molecule has 31 heavy (non-hydrogen) atoms. The topological polar surface area (TPSA) is 48.5 Å². The van der Waals surface area contributed by atoms with Crippen molar-refractivity contribution in [3.05, 3.63) is 80.7 Å². The van der Waals surface area contributed by atoms with Gasteiger partial charge in [0.15, 0.2) is 4.47 Å². The lowest BCUT2D eigenvalue weighted by molar-refractivity contribution is -0.126. The molecular weight excluding hydrogens is 451 g/mol. The van der Waals surface area contributed by atoms with Gasteiger partial charge in [-0.1, -0.05) is 53.5 Å². The zero-order chi connectivity index (χ0) is 21.6. The summed E-state index contributed by atoms with van der Waals surface area (Å²) in [5, 5.41) is 4.12. The Morgan fingerprint density at radius 3 is 2.58 bits per heavy atom. The summed E-state index contributed by atoms with van der Waals surface area (Å²) in [6.07, 6.45) is 5.29. The number of nitrogens with one attached hydrogen (secondary N) is 1. The molecule has 2 heterocycles. The normalized spacial score (nSPS) is 14.3. The van der Waals surface area contributed by atoms with Crippen LogP contribution in [-0.2, 0) is 11.3 Å². The second-order valence-corrected chi connectivity index (χ2v) is 9.28. The maximum atomic E-state index is 12.6. The Hall–Kier alpha value is -2.54. The fourth-order valence-corrected chi connectivity index (χ4v) is 4.57. The lowest BCUT2D eigenvalue weighted by Gasteiger charge is -2.36. The zero-order valence-corrected chi connectivity index (χ0v) is 19.1. The van der Waals surface area contributed by atoms with Crippen LogP contribution in [0.5, 0.6) is 0 Å². The highest BCUT2D eigenvalue weighted by Crippen LogP contribution is 2.31. The molecular formula is C23H22Cl2N4OS. The highest BCUT2D eigenvalue weighted by molar-refractivity contribution is 7.15. The van der Waals surface area contributed by atoms with Crippen LogP contribution >= 0.6 is 34.5 Å². The summed E-state index contributed by atoms with van der Waals surface area (Å²) in [6, 6.07) is 15.7. The van der Waals surface area contributed by atoms with Crippen molar-refractivity contribution in [3.63, 3.8) is 0 Å². The van der Waals surface area contributed by atoms with E-state index in [2.05, 4.69) is 15.2 Å². The quantitative estimate of drug-likeness (QED) is 0.486. The van der Waals surface area contributed by atoms with E-state index < -0.39 is 0 Å². The van der Waals surface area contributed by atoms with Gasteiger partial charge in [0.1, 0.15) is 0 Å². The van der Waals surface area contributed by atoms with E-state index in [0.717, 1.165) is 34.9 Å². The molecule has 0 saturated carbocycles. The van der Waals surface area contributed by atoms with Crippen LogP contribution < -0.4 is 10.2 Å². The van der Waals surface area contributed by atoms with E-state index in [-0.39, 0.29) is 5.91 Å². The molecule has 0 radical (unpaired) electrons. The number of rotatable bonds is 6. The number of hydrogen-bond donors (Lipinski definition) is 1. The fraction of sp³-hybridized carbons (Fsp3) is 0.217. The molecule has 0 atom stereocenters. The number of thiazole rings is 1. The van der Waals surface area contributed by atoms with Crippen LogP contribution in [0.15, 0.2) is 60.8 Å². The van der Waals surface area contributed by atoms with Crippen LogP contribution in [0.4, 0.5) is 11.4 Å². The average molecular weight is 473 g/mol. The van der Waals surface area contributed by atoms with Crippen LogP contribution in [0.25, 0.3) is 6.08 Å². The molecule has 2 aromatic carbocycles. The number of halogens is 2. The van der Waals surface area contributed by atoms with E-state index in [1.165, 1.54) is 11.3 Å². The third-order valence-corrected chi connectivity index (χ3v) is 6.44. The highest BCUT2D eigenvalue weighted by atomic mass is 35.5. The van der Waals surface area contributed by atoms with Gasteiger partial charge in [0.2, 0.25) is 5.91 Å². The molecule has 160 valence electrons. The molecule has 5 nitrogen and oxygen atoms in total. The minimum absolute atomic E-state index is 0.0417. The molecule has 0 aliphatic carbocycles. The van der Waals surface area contributed by atoms with Crippen molar-refractivity contribution in [2.24, 2.45) is 0 Å². The smallest absolute Gasteiger partial charge is 0.246 e. The van der Waals surface area contributed by atoms with Gasteiger partial charge in [-0.3, -0.25) is 4.79 Å². The second-order valence-electron chi connectivity index (χ2n) is 7.15. The van der Waals surface area contributed by atoms with Crippen molar-refractivity contribution in [2.75, 3.05) is 36.4 Å². The van der Waals surface area contributed by atoms with Gasteiger partial charge in [-0.05, 0) is 29.8 Å². The number of hydrogen-bond acceptors (Lipinski definition) is 5. The zero-order valence-electron chi connectivity index (χ0n) is 16.8. The molecule has 3 aromatic rings. The maximum Gasteiger partial charge on any atom is 0.246 e. The van der Waals surface area contributed by atoms with Crippen molar-refractivity contribution in [2.45, 2.75) is 6.54 Å². The molecule has 1 fully saturated rings. The van der Waals surface area contributed by atoms with Gasteiger partial charge in [0.25, 0.3) is 0 Å². The minimum atomic E-state index is 0.0417. The molecule has 1 aliphatic rings. The summed E-state index contributed by atoms with van der Waals surface area (Å²) in [6.45, 7) is 3.48. The number of aromatic nitrogens is 1. The molecule has 1 amide bonds. The Kier molecular flexibility index (Phi) is 7.12. The summed E-state index contributed by atoms with van der Waals surface area (Å²) >= 11 is 13.6. The molecule has 1 saturated heterocycles. The lowest BCUT2D eigenvalue weighted by Crippen LogP contribution is -2.48. The van der Waals surface area contributed by atoms with E-state index >= 15 is 0 Å². The Labute approximate surface area is 195 Å². The predicted molar refractivity (Wildman–Crippen MR) is 130 cm³/mol. The van der Waals surface area contributed by atoms with Crippen molar-refractivity contribution < 1.29 is 4.79 Å². The van der Waals surface area contributed by atoms with Crippen LogP contribution in [0.2, 0.25) is 9.49 Å². The Bertz CT molecular complexity index is 1060. The van der Waals surface area contributed by atoms with E-state index in [4.69, 9.17) is 23.2 Å². The molecule has 4 rings (SSSR count). The van der Waals surface area contributed by atoms with Gasteiger partial charge in [-0.25, -0.2) is 4.98 Å². The second kappa shape index (κ2) is 10.2. The van der Waals surface area contributed by atoms with Crippen molar-refractivity contribution in [1.29, 1.82) is 0 Å². The summed E-state index contributed by atoms with van der Waals surface area (Å²) in [5.74, 6) is 0.0417. The van der Waals surface area contributed by atoms with Crippen LogP contribution in [0.3, 0.4) is 0 Å². The Morgan fingerprint density at radius 2 is 1.87 bits per heavy atom. The van der Waals surface area contributed by atoms with Gasteiger partial charge in [-0.15, -0.1) is 11.3 Å². The first-order chi connectivity index (χ1) is 15.1. The lowest BCUT2D eigenvalue weighted by atomic mass is 10.2. The summed E-state index contributed by atoms with van der Waals surface area (Å²) in [4.78, 5) is 21.9. The molecule has 8 heteroatoms. The standard InChI is InChI=1S/C23H22Cl2N4OS/c24-18-7-8-21(20(14-18)26-15-19-16-27-23(25)31-19)28-10-12-29(13-11-28)22(30)9-6-17-4-2-1-3-5-17/h1-9,14,16,26H,10-13,15H2. The van der Waals surface area contributed by atoms with Gasteiger partial charge >= 0.3 is 0 Å². The van der Waals surface area contributed by atoms with Crippen LogP contribution in [0.1, 0.15) is 10.4 Å². The van der Waals surface area contributed by atoms with Crippen LogP contribution in [0, 0.1) is 0 Å². The monoisotopic (exact) mass is 472 g/mol. The third-order valence-electron chi connectivity index (χ3n) is 5.09. The highest BCUT2D eigenvalue weighted by Gasteiger charge is 2.21. The molecule has 0 unspecified atom stereocenters. The minimum Gasteiger partial charge on any atom is -0.378 e. The number of carbonyl (C=O) groups excluding carboxylic acids is 1. The predicted octanol–water partition coefficient (Wildman–Crippen LogP) is 5.42. The van der Waals surface area contributed by atoms with E-state index in [1.54, 1.807) is 12.3 Å². The first kappa shape index (κ1) is 21.7. The van der Waals surface area contributed by atoms with Gasteiger partial charge in [-0.2, -0.15) is 0 Å². The van der Waals surface area contributed by atoms with E-state index in [1.807, 2.05) is 59.5 Å². The Morgan fingerprint density at radius 1 is 1.10 bits per heavy atom. The number of benzene rings is 2. The largest absolute Gasteiger partial charge is 0.378 e. The first-order valence-corrected chi connectivity index (χ1v) is 11.6. The van der Waals surface area contributed by atoms with E-state index in [0.29, 0.717) is 29.1 Å². The number of carbonyl (C=O) groups is 1. The number of amides is 1. The van der Waals surface area contributed by atoms with Gasteiger partial charge < -0.3 is 15.1 Å². The van der Waals surface area contributed by atoms with Crippen molar-refractivity contribution in [1.82, 2.24) is 9.88 Å². The van der Waals surface area contributed by atoms with Gasteiger partial charge in [0, 0.05) is 48.4 Å². The fourth-order valence-electron chi connectivity index (χ4n) is 3.48. The van der Waals surface area contributed by atoms with Gasteiger partial charge in [0.05, 0.1) is 17.9 Å². The van der Waals surface area contributed by atoms with Crippen molar-refractivity contribution >= 4 is 57.9 Å². The van der Waals surface area contributed by atoms with Crippen molar-refractivity contribution in [3.8, 4) is 0 Å². The summed E-state index contributed by atoms with van der Waals surface area (Å²) in [7, 11) is 0. The number of piperazine rings is 1. The molecule has 0 bridgehead atoms. The Balaban J connectivity index is 1.38. The molecule has 1 N–H and O–H groups in total. The molecule has 1 aliphatic heterocycles. The summed E-state index contributed by atoms with van der Waals surface area (Å²) < 4.78 is 0.533. The van der Waals surface area contributed by atoms with E-state index in [9.17, 15) is 4.79 Å². The van der Waals surface area contributed by atoms with Crippen LogP contribution in [-0.4, -0.2) is 42.0 Å². The summed E-state index contributed by atoms with van der Waals surface area (Å²) in [5.41, 5.74) is 3.06. The SMILES string of the molecule is O=C(C=Cc1ccccc1)N1CCN(c2ccc(Cl)cc2NCc2cnc(Cl)s2)CC1. The number of anilines is 2.